The minimum Gasteiger partial charge on any atom is -0.324 e. The van der Waals surface area contributed by atoms with Crippen LogP contribution < -0.4 is 0 Å². The smallest absolute Gasteiger partial charge is 0.164 e. The fourth-order valence-corrected chi connectivity index (χ4v) is 6.67. The molecule has 5 heterocycles. The van der Waals surface area contributed by atoms with E-state index in [0.717, 1.165) is 74.5 Å². The standard InChI is InChI=1S/C38H30N8/c1-2-3-4-13-22-46-37-29-20-11-12-21-30(29)38(46)45-36-28-19-10-8-17-26(28)34(43-36)41-32-24-15-6-5-14-23(24)31(39-32)40-33-25-16-7-9-18-27(25)35(42-33)44-37/h5-12,14-21H,2-4,13,22H2,1H3,(H,39,40,41,42,43,44,45). The van der Waals surface area contributed by atoms with Crippen molar-refractivity contribution in [3.8, 4) is 45.6 Å². The molecule has 8 heteroatoms. The zero-order chi connectivity index (χ0) is 30.6. The number of unbranched alkanes of at least 4 members (excludes halogenated alkanes) is 3. The molecule has 7 aromatic rings. The fraction of sp³-hybridized carbons (Fsp3) is 0.158. The highest BCUT2D eigenvalue weighted by Gasteiger charge is 2.23. The number of aryl methyl sites for hydroxylation is 1. The Labute approximate surface area is 264 Å². The number of hydrogen-bond donors (Lipinski definition) is 1. The lowest BCUT2D eigenvalue weighted by Gasteiger charge is -2.06. The molecule has 0 aliphatic carbocycles. The minimum atomic E-state index is 0.620. The SMILES string of the molecule is CCCCCCn1c2nc3nc(nc4[nH]c(nc5nc(nc1c1ccccc12)-c1ccccc1-5)c1ccccc41)-c1ccccc1-3. The van der Waals surface area contributed by atoms with Crippen LogP contribution in [0, 0.1) is 0 Å². The van der Waals surface area contributed by atoms with E-state index in [0.29, 0.717) is 34.6 Å². The summed E-state index contributed by atoms with van der Waals surface area (Å²) in [5, 5.41) is 4.00. The van der Waals surface area contributed by atoms with E-state index in [9.17, 15) is 0 Å². The van der Waals surface area contributed by atoms with Gasteiger partial charge in [0.15, 0.2) is 23.3 Å². The number of nitrogens with one attached hydrogen (secondary N) is 1. The van der Waals surface area contributed by atoms with Crippen LogP contribution in [0.3, 0.4) is 0 Å². The van der Waals surface area contributed by atoms with Gasteiger partial charge in [-0.15, -0.1) is 0 Å². The number of aromatic amines is 1. The van der Waals surface area contributed by atoms with Crippen LogP contribution in [-0.2, 0) is 6.54 Å². The average molecular weight is 599 g/mol. The Balaban J connectivity index is 1.47. The normalized spacial score (nSPS) is 12.0. The molecule has 8 bridgehead atoms. The molecule has 0 spiro atoms. The summed E-state index contributed by atoms with van der Waals surface area (Å²) < 4.78 is 2.26. The first-order chi connectivity index (χ1) is 22.8. The van der Waals surface area contributed by atoms with Gasteiger partial charge in [-0.25, -0.2) is 29.9 Å². The van der Waals surface area contributed by atoms with Crippen LogP contribution in [0.1, 0.15) is 32.6 Å². The van der Waals surface area contributed by atoms with E-state index in [1.807, 2.05) is 36.4 Å². The first-order valence-corrected chi connectivity index (χ1v) is 16.0. The molecule has 0 saturated heterocycles. The Morgan fingerprint density at radius 2 is 0.870 bits per heavy atom. The molecule has 3 aromatic heterocycles. The van der Waals surface area contributed by atoms with Crippen molar-refractivity contribution in [2.24, 2.45) is 0 Å². The monoisotopic (exact) mass is 598 g/mol. The maximum Gasteiger partial charge on any atom is 0.164 e. The van der Waals surface area contributed by atoms with Gasteiger partial charge in [-0.05, 0) is 6.42 Å². The predicted octanol–water partition coefficient (Wildman–Crippen LogP) is 8.92. The van der Waals surface area contributed by atoms with Gasteiger partial charge in [0.2, 0.25) is 0 Å². The summed E-state index contributed by atoms with van der Waals surface area (Å²) in [6.45, 7) is 3.02. The maximum atomic E-state index is 5.33. The third-order valence-corrected chi connectivity index (χ3v) is 8.93. The Morgan fingerprint density at radius 1 is 0.457 bits per heavy atom. The quantitative estimate of drug-likeness (QED) is 0.199. The van der Waals surface area contributed by atoms with E-state index in [1.54, 1.807) is 0 Å². The molecule has 1 N–H and O–H groups in total. The second kappa shape index (κ2) is 10.7. The van der Waals surface area contributed by atoms with Gasteiger partial charge >= 0.3 is 0 Å². The minimum absolute atomic E-state index is 0.620. The molecule has 0 amide bonds. The van der Waals surface area contributed by atoms with Gasteiger partial charge in [0.1, 0.15) is 22.6 Å². The molecule has 0 radical (unpaired) electrons. The van der Waals surface area contributed by atoms with Crippen LogP contribution in [0.5, 0.6) is 0 Å². The van der Waals surface area contributed by atoms with Crippen molar-refractivity contribution in [1.82, 2.24) is 39.5 Å². The zero-order valence-electron chi connectivity index (χ0n) is 25.4. The molecular weight excluding hydrogens is 568 g/mol. The summed E-state index contributed by atoms with van der Waals surface area (Å²) in [7, 11) is 0. The predicted molar refractivity (Wildman–Crippen MR) is 184 cm³/mol. The Bertz CT molecular complexity index is 2330. The van der Waals surface area contributed by atoms with E-state index in [-0.39, 0.29) is 0 Å². The average Bonchev–Trinajstić information content (AvgIpc) is 3.81. The van der Waals surface area contributed by atoms with Crippen LogP contribution in [0.25, 0.3) is 89.7 Å². The highest BCUT2D eigenvalue weighted by molar-refractivity contribution is 6.06. The van der Waals surface area contributed by atoms with Crippen molar-refractivity contribution < 1.29 is 0 Å². The van der Waals surface area contributed by atoms with Crippen LogP contribution >= 0.6 is 0 Å². The van der Waals surface area contributed by atoms with Gasteiger partial charge < -0.3 is 9.55 Å². The molecular formula is C38H30N8. The van der Waals surface area contributed by atoms with Crippen molar-refractivity contribution in [2.45, 2.75) is 39.2 Å². The third-order valence-electron chi connectivity index (χ3n) is 8.93. The second-order valence-electron chi connectivity index (χ2n) is 11.8. The van der Waals surface area contributed by atoms with Gasteiger partial charge in [-0.1, -0.05) is 123 Å². The highest BCUT2D eigenvalue weighted by Crippen LogP contribution is 2.37. The third kappa shape index (κ3) is 4.21. The lowest BCUT2D eigenvalue weighted by atomic mass is 10.1. The first kappa shape index (κ1) is 26.6. The molecule has 222 valence electrons. The molecule has 8 nitrogen and oxygen atoms in total. The number of fused-ring (bicyclic) bond motifs is 20. The number of hydrogen-bond acceptors (Lipinski definition) is 6. The molecule has 0 atom stereocenters. The number of H-pyrrole nitrogens is 1. The van der Waals surface area contributed by atoms with E-state index in [4.69, 9.17) is 29.9 Å². The van der Waals surface area contributed by atoms with E-state index < -0.39 is 0 Å². The number of nitrogens with zero attached hydrogens (tertiary/aromatic N) is 7. The second-order valence-corrected chi connectivity index (χ2v) is 11.8. The number of aromatic nitrogens is 8. The van der Waals surface area contributed by atoms with Gasteiger partial charge in [-0.3, -0.25) is 0 Å². The zero-order valence-corrected chi connectivity index (χ0v) is 25.4. The Morgan fingerprint density at radius 3 is 1.33 bits per heavy atom. The Kier molecular flexibility index (Phi) is 6.19. The van der Waals surface area contributed by atoms with Gasteiger partial charge in [0.25, 0.3) is 0 Å². The summed E-state index contributed by atoms with van der Waals surface area (Å²) in [6, 6.07) is 32.9. The molecule has 0 unspecified atom stereocenters. The summed E-state index contributed by atoms with van der Waals surface area (Å²) in [5.74, 6) is 2.53. The molecule has 2 aliphatic rings. The van der Waals surface area contributed by atoms with Crippen molar-refractivity contribution >= 4 is 44.1 Å². The molecule has 2 aliphatic heterocycles. The van der Waals surface area contributed by atoms with Crippen LogP contribution in [0.2, 0.25) is 0 Å². The lowest BCUT2D eigenvalue weighted by Crippen LogP contribution is -2.01. The topological polar surface area (TPSA) is 98.1 Å². The molecule has 4 aromatic carbocycles. The highest BCUT2D eigenvalue weighted by atomic mass is 15.1. The van der Waals surface area contributed by atoms with E-state index in [1.165, 1.54) is 12.8 Å². The number of rotatable bonds is 5. The summed E-state index contributed by atoms with van der Waals surface area (Å²) in [5.41, 5.74) is 6.91. The van der Waals surface area contributed by atoms with Crippen LogP contribution in [-0.4, -0.2) is 39.5 Å². The van der Waals surface area contributed by atoms with Crippen molar-refractivity contribution in [3.05, 3.63) is 97.1 Å². The molecule has 0 saturated carbocycles. The summed E-state index contributed by atoms with van der Waals surface area (Å²) in [6.07, 6.45) is 4.51. The molecule has 46 heavy (non-hydrogen) atoms. The molecule has 9 rings (SSSR count). The maximum absolute atomic E-state index is 5.33. The van der Waals surface area contributed by atoms with Gasteiger partial charge in [0.05, 0.1) is 0 Å². The largest absolute Gasteiger partial charge is 0.324 e. The van der Waals surface area contributed by atoms with E-state index in [2.05, 4.69) is 77.1 Å². The van der Waals surface area contributed by atoms with Crippen molar-refractivity contribution in [3.63, 3.8) is 0 Å². The summed E-state index contributed by atoms with van der Waals surface area (Å²) in [4.78, 5) is 34.5. The van der Waals surface area contributed by atoms with Crippen LogP contribution in [0.4, 0.5) is 0 Å². The van der Waals surface area contributed by atoms with E-state index >= 15 is 0 Å². The summed E-state index contributed by atoms with van der Waals surface area (Å²) >= 11 is 0. The van der Waals surface area contributed by atoms with Crippen molar-refractivity contribution in [2.75, 3.05) is 0 Å². The molecule has 0 fully saturated rings. The fourth-order valence-electron chi connectivity index (χ4n) is 6.67. The van der Waals surface area contributed by atoms with Crippen LogP contribution in [0.15, 0.2) is 97.1 Å². The van der Waals surface area contributed by atoms with Crippen molar-refractivity contribution in [1.29, 1.82) is 0 Å². The van der Waals surface area contributed by atoms with Gasteiger partial charge in [-0.2, -0.15) is 0 Å². The Hall–Kier alpha value is -5.76. The first-order valence-electron chi connectivity index (χ1n) is 16.0. The number of benzene rings is 4. The lowest BCUT2D eigenvalue weighted by molar-refractivity contribution is 0.598. The van der Waals surface area contributed by atoms with Gasteiger partial charge in [0, 0.05) is 50.3 Å².